The normalized spacial score (nSPS) is 10.6. The largest absolute Gasteiger partial charge is 0.372 e. The second-order valence-corrected chi connectivity index (χ2v) is 6.39. The molecule has 1 heterocycles. The smallest absolute Gasteiger partial charge is 0.161 e. The molecule has 1 aromatic heterocycles. The summed E-state index contributed by atoms with van der Waals surface area (Å²) < 4.78 is 2.93. The number of rotatable bonds is 3. The fourth-order valence-electron chi connectivity index (χ4n) is 1.66. The van der Waals surface area contributed by atoms with Crippen molar-refractivity contribution in [2.45, 2.75) is 13.3 Å². The Morgan fingerprint density at radius 1 is 1.11 bits per heavy atom. The first-order valence-electron chi connectivity index (χ1n) is 5.76. The van der Waals surface area contributed by atoms with Crippen molar-refractivity contribution in [2.24, 2.45) is 0 Å². The molecule has 0 atom stereocenters. The maximum absolute atomic E-state index is 4.61. The van der Waals surface area contributed by atoms with Gasteiger partial charge in [0.1, 0.15) is 5.82 Å². The predicted octanol–water partition coefficient (Wildman–Crippen LogP) is 5.04. The number of aryl methyl sites for hydroxylation is 1. The van der Waals surface area contributed by atoms with Gasteiger partial charge in [0, 0.05) is 21.6 Å². The van der Waals surface area contributed by atoms with E-state index in [0.29, 0.717) is 0 Å². The van der Waals surface area contributed by atoms with Gasteiger partial charge in [-0.05, 0) is 72.4 Å². The fraction of sp³-hybridized carbons (Fsp3) is 0.231. The van der Waals surface area contributed by atoms with Gasteiger partial charge in [-0.2, -0.15) is 0 Å². The highest BCUT2D eigenvalue weighted by Crippen LogP contribution is 2.30. The van der Waals surface area contributed by atoms with Gasteiger partial charge in [0.2, 0.25) is 0 Å². The van der Waals surface area contributed by atoms with Gasteiger partial charge in [-0.15, -0.1) is 0 Å². The third-order valence-corrected chi connectivity index (χ3v) is 5.38. The number of aromatic nitrogens is 2. The van der Waals surface area contributed by atoms with E-state index in [-0.39, 0.29) is 0 Å². The molecule has 0 aliphatic heterocycles. The van der Waals surface area contributed by atoms with Crippen LogP contribution in [0.5, 0.6) is 0 Å². The average molecular weight is 450 g/mol. The zero-order chi connectivity index (χ0) is 14.0. The van der Waals surface area contributed by atoms with Crippen molar-refractivity contribution in [3.63, 3.8) is 0 Å². The van der Waals surface area contributed by atoms with E-state index < -0.39 is 0 Å². The molecule has 2 aromatic rings. The van der Waals surface area contributed by atoms with Gasteiger partial charge in [0.25, 0.3) is 0 Å². The van der Waals surface area contributed by atoms with Crippen molar-refractivity contribution < 1.29 is 0 Å². The van der Waals surface area contributed by atoms with E-state index in [0.717, 1.165) is 42.7 Å². The number of hydrogen-bond acceptors (Lipinski definition) is 3. The van der Waals surface area contributed by atoms with Crippen LogP contribution in [0.1, 0.15) is 12.6 Å². The van der Waals surface area contributed by atoms with Gasteiger partial charge in [0.15, 0.2) is 5.82 Å². The summed E-state index contributed by atoms with van der Waals surface area (Å²) in [6, 6.07) is 5.98. The summed E-state index contributed by atoms with van der Waals surface area (Å²) in [5.41, 5.74) is 1.97. The molecule has 1 N–H and O–H groups in total. The van der Waals surface area contributed by atoms with Crippen LogP contribution >= 0.6 is 47.8 Å². The van der Waals surface area contributed by atoms with E-state index in [1.807, 2.05) is 25.2 Å². The lowest BCUT2D eigenvalue weighted by Gasteiger charge is -2.10. The Labute approximate surface area is 137 Å². The molecule has 0 aliphatic carbocycles. The molecule has 6 heteroatoms. The molecule has 3 nitrogen and oxygen atoms in total. The molecule has 0 spiro atoms. The van der Waals surface area contributed by atoms with Gasteiger partial charge in [-0.3, -0.25) is 0 Å². The second kappa shape index (κ2) is 6.33. The number of nitrogens with zero attached hydrogens (tertiary/aromatic N) is 2. The molecule has 0 amide bonds. The van der Waals surface area contributed by atoms with Crippen molar-refractivity contribution >= 4 is 53.6 Å². The molecule has 0 radical (unpaired) electrons. The maximum atomic E-state index is 4.61. The molecule has 0 aliphatic rings. The van der Waals surface area contributed by atoms with Crippen molar-refractivity contribution in [3.05, 3.63) is 37.3 Å². The lowest BCUT2D eigenvalue weighted by atomic mass is 10.2. The number of benzene rings is 1. The molecular formula is C13H12Br3N3. The molecule has 2 rings (SSSR count). The van der Waals surface area contributed by atoms with Crippen molar-refractivity contribution in [1.29, 1.82) is 0 Å². The number of nitrogens with one attached hydrogen (secondary N) is 1. The topological polar surface area (TPSA) is 37.8 Å². The molecule has 100 valence electrons. The summed E-state index contributed by atoms with van der Waals surface area (Å²) in [6.45, 7) is 2.08. The Bertz CT molecular complexity index is 589. The SMILES string of the molecule is CCc1nc(-c2ccc(Br)c(Br)c2)nc(NC)c1Br. The molecule has 0 bridgehead atoms. The lowest BCUT2D eigenvalue weighted by Crippen LogP contribution is -2.02. The Morgan fingerprint density at radius 2 is 1.84 bits per heavy atom. The fourth-order valence-corrected chi connectivity index (χ4v) is 2.94. The molecule has 0 fully saturated rings. The first-order valence-corrected chi connectivity index (χ1v) is 8.14. The number of anilines is 1. The van der Waals surface area contributed by atoms with E-state index in [1.165, 1.54) is 0 Å². The molecular weight excluding hydrogens is 438 g/mol. The van der Waals surface area contributed by atoms with Crippen LogP contribution in [0, 0.1) is 0 Å². The van der Waals surface area contributed by atoms with Gasteiger partial charge in [-0.25, -0.2) is 9.97 Å². The highest BCUT2D eigenvalue weighted by atomic mass is 79.9. The summed E-state index contributed by atoms with van der Waals surface area (Å²) in [5.74, 6) is 1.53. The van der Waals surface area contributed by atoms with Gasteiger partial charge in [0.05, 0.1) is 10.2 Å². The number of halogens is 3. The van der Waals surface area contributed by atoms with Crippen LogP contribution in [0.2, 0.25) is 0 Å². The van der Waals surface area contributed by atoms with E-state index >= 15 is 0 Å². The maximum Gasteiger partial charge on any atom is 0.161 e. The first-order chi connectivity index (χ1) is 9.06. The summed E-state index contributed by atoms with van der Waals surface area (Å²) >= 11 is 10.5. The van der Waals surface area contributed by atoms with Crippen LogP contribution in [0.25, 0.3) is 11.4 Å². The van der Waals surface area contributed by atoms with Crippen LogP contribution in [-0.4, -0.2) is 17.0 Å². The Morgan fingerprint density at radius 3 is 2.42 bits per heavy atom. The molecule has 0 saturated carbocycles. The highest BCUT2D eigenvalue weighted by molar-refractivity contribution is 9.13. The van der Waals surface area contributed by atoms with Gasteiger partial charge >= 0.3 is 0 Å². The van der Waals surface area contributed by atoms with E-state index in [2.05, 4.69) is 70.0 Å². The Balaban J connectivity index is 2.58. The summed E-state index contributed by atoms with van der Waals surface area (Å²) in [6.07, 6.45) is 0.850. The third kappa shape index (κ3) is 3.17. The summed E-state index contributed by atoms with van der Waals surface area (Å²) in [7, 11) is 1.85. The van der Waals surface area contributed by atoms with Crippen LogP contribution in [0.15, 0.2) is 31.6 Å². The molecule has 0 unspecified atom stereocenters. The molecule has 0 saturated heterocycles. The molecule has 19 heavy (non-hydrogen) atoms. The van der Waals surface area contributed by atoms with E-state index in [9.17, 15) is 0 Å². The first kappa shape index (κ1) is 14.9. The zero-order valence-electron chi connectivity index (χ0n) is 10.5. The minimum Gasteiger partial charge on any atom is -0.372 e. The molecule has 1 aromatic carbocycles. The van der Waals surface area contributed by atoms with Crippen molar-refractivity contribution in [3.8, 4) is 11.4 Å². The van der Waals surface area contributed by atoms with Gasteiger partial charge < -0.3 is 5.32 Å². The van der Waals surface area contributed by atoms with Crippen LogP contribution in [0.3, 0.4) is 0 Å². The predicted molar refractivity (Wildman–Crippen MR) is 89.5 cm³/mol. The van der Waals surface area contributed by atoms with E-state index in [1.54, 1.807) is 0 Å². The standard InChI is InChI=1S/C13H12Br3N3/c1-3-10-11(16)13(17-2)19-12(18-10)7-4-5-8(14)9(15)6-7/h4-6H,3H2,1-2H3,(H,17,18,19). The Hall–Kier alpha value is -0.460. The minimum atomic E-state index is 0.720. The summed E-state index contributed by atoms with van der Waals surface area (Å²) in [4.78, 5) is 9.14. The zero-order valence-corrected chi connectivity index (χ0v) is 15.2. The third-order valence-electron chi connectivity index (χ3n) is 2.67. The Kier molecular flexibility index (Phi) is 4.97. The van der Waals surface area contributed by atoms with E-state index in [4.69, 9.17) is 0 Å². The van der Waals surface area contributed by atoms with Crippen LogP contribution in [0.4, 0.5) is 5.82 Å². The average Bonchev–Trinajstić information content (AvgIpc) is 2.42. The van der Waals surface area contributed by atoms with Crippen molar-refractivity contribution in [2.75, 3.05) is 12.4 Å². The highest BCUT2D eigenvalue weighted by Gasteiger charge is 2.12. The number of hydrogen-bond donors (Lipinski definition) is 1. The monoisotopic (exact) mass is 447 g/mol. The van der Waals surface area contributed by atoms with Crippen molar-refractivity contribution in [1.82, 2.24) is 9.97 Å². The second-order valence-electron chi connectivity index (χ2n) is 3.89. The lowest BCUT2D eigenvalue weighted by molar-refractivity contribution is 0.991. The quantitative estimate of drug-likeness (QED) is 0.713. The minimum absolute atomic E-state index is 0.720. The van der Waals surface area contributed by atoms with Crippen LogP contribution < -0.4 is 5.32 Å². The van der Waals surface area contributed by atoms with Gasteiger partial charge in [-0.1, -0.05) is 6.92 Å². The summed E-state index contributed by atoms with van der Waals surface area (Å²) in [5, 5.41) is 3.09. The van der Waals surface area contributed by atoms with Crippen LogP contribution in [-0.2, 0) is 6.42 Å².